The first-order valence-corrected chi connectivity index (χ1v) is 8.05. The van der Waals surface area contributed by atoms with Crippen LogP contribution in [0, 0.1) is 6.92 Å². The van der Waals surface area contributed by atoms with Gasteiger partial charge in [-0.1, -0.05) is 65.8 Å². The lowest BCUT2D eigenvalue weighted by Gasteiger charge is -2.18. The topological polar surface area (TPSA) is 55.1 Å². The molecule has 0 bridgehead atoms. The summed E-state index contributed by atoms with van der Waals surface area (Å²) < 4.78 is 4.94. The number of carbonyl (C=O) groups is 1. The Morgan fingerprint density at radius 3 is 2.12 bits per heavy atom. The second kappa shape index (κ2) is 7.59. The fourth-order valence-corrected chi connectivity index (χ4v) is 2.79. The molecular formula is C20H20N2O2. The number of nitrogens with one attached hydrogen (secondary N) is 1. The van der Waals surface area contributed by atoms with Gasteiger partial charge in [-0.05, 0) is 24.5 Å². The molecule has 122 valence electrons. The number of hydrogen-bond acceptors (Lipinski definition) is 3. The van der Waals surface area contributed by atoms with Gasteiger partial charge in [-0.2, -0.15) is 0 Å². The molecule has 0 aliphatic heterocycles. The lowest BCUT2D eigenvalue weighted by molar-refractivity contribution is 0.0943. The van der Waals surface area contributed by atoms with Crippen molar-refractivity contribution < 1.29 is 9.32 Å². The second-order valence-corrected chi connectivity index (χ2v) is 5.74. The minimum atomic E-state index is -0.202. The highest BCUT2D eigenvalue weighted by atomic mass is 16.5. The van der Waals surface area contributed by atoms with E-state index in [9.17, 15) is 4.79 Å². The van der Waals surface area contributed by atoms with Crippen LogP contribution in [0.2, 0.25) is 0 Å². The Labute approximate surface area is 141 Å². The minimum Gasteiger partial charge on any atom is -0.361 e. The van der Waals surface area contributed by atoms with E-state index < -0.39 is 0 Å². The van der Waals surface area contributed by atoms with Gasteiger partial charge in [-0.15, -0.1) is 0 Å². The molecule has 0 radical (unpaired) electrons. The second-order valence-electron chi connectivity index (χ2n) is 5.74. The zero-order valence-corrected chi connectivity index (χ0v) is 13.6. The number of carbonyl (C=O) groups excluding carboxylic acids is 1. The summed E-state index contributed by atoms with van der Waals surface area (Å²) in [7, 11) is 0. The van der Waals surface area contributed by atoms with E-state index in [1.54, 1.807) is 13.0 Å². The van der Waals surface area contributed by atoms with Crippen LogP contribution in [-0.4, -0.2) is 17.6 Å². The van der Waals surface area contributed by atoms with Gasteiger partial charge < -0.3 is 9.84 Å². The first-order chi connectivity index (χ1) is 11.7. The van der Waals surface area contributed by atoms with E-state index in [-0.39, 0.29) is 11.8 Å². The van der Waals surface area contributed by atoms with Crippen LogP contribution in [0.4, 0.5) is 0 Å². The molecule has 3 rings (SSSR count). The zero-order chi connectivity index (χ0) is 16.8. The van der Waals surface area contributed by atoms with Crippen LogP contribution < -0.4 is 5.32 Å². The molecule has 24 heavy (non-hydrogen) atoms. The molecule has 0 spiro atoms. The highest BCUT2D eigenvalue weighted by Gasteiger charge is 2.15. The van der Waals surface area contributed by atoms with E-state index in [1.807, 2.05) is 36.4 Å². The molecule has 0 saturated carbocycles. The van der Waals surface area contributed by atoms with Crippen molar-refractivity contribution in [3.05, 3.63) is 89.3 Å². The summed E-state index contributed by atoms with van der Waals surface area (Å²) in [6.07, 6.45) is 0.816. The lowest BCUT2D eigenvalue weighted by Crippen LogP contribution is -2.26. The summed E-state index contributed by atoms with van der Waals surface area (Å²) >= 11 is 0. The third kappa shape index (κ3) is 3.90. The Hall–Kier alpha value is -2.88. The van der Waals surface area contributed by atoms with Crippen LogP contribution in [0.25, 0.3) is 0 Å². The summed E-state index contributed by atoms with van der Waals surface area (Å²) in [6, 6.07) is 22.3. The third-order valence-electron chi connectivity index (χ3n) is 3.98. The highest BCUT2D eigenvalue weighted by molar-refractivity contribution is 5.92. The summed E-state index contributed by atoms with van der Waals surface area (Å²) in [6.45, 7) is 2.34. The minimum absolute atomic E-state index is 0.202. The summed E-state index contributed by atoms with van der Waals surface area (Å²) in [5.74, 6) is 0.671. The molecule has 0 saturated heterocycles. The molecule has 2 aromatic carbocycles. The highest BCUT2D eigenvalue weighted by Crippen LogP contribution is 2.27. The smallest absolute Gasteiger partial charge is 0.273 e. The van der Waals surface area contributed by atoms with E-state index in [1.165, 1.54) is 11.1 Å². The standard InChI is InChI=1S/C20H20N2O2/c1-15-14-19(22-24-15)20(23)21-13-12-18(16-8-4-2-5-9-16)17-10-6-3-7-11-17/h2-11,14,18H,12-13H2,1H3,(H,21,23). The summed E-state index contributed by atoms with van der Waals surface area (Å²) in [5.41, 5.74) is 2.81. The van der Waals surface area contributed by atoms with Crippen LogP contribution in [0.3, 0.4) is 0 Å². The van der Waals surface area contributed by atoms with Crippen LogP contribution in [0.15, 0.2) is 71.3 Å². The van der Waals surface area contributed by atoms with Crippen LogP contribution in [0.5, 0.6) is 0 Å². The van der Waals surface area contributed by atoms with Crippen LogP contribution >= 0.6 is 0 Å². The van der Waals surface area contributed by atoms with Gasteiger partial charge in [0.1, 0.15) is 5.76 Å². The van der Waals surface area contributed by atoms with Crippen molar-refractivity contribution in [1.29, 1.82) is 0 Å². The molecular weight excluding hydrogens is 300 g/mol. The van der Waals surface area contributed by atoms with Gasteiger partial charge in [-0.25, -0.2) is 0 Å². The number of aromatic nitrogens is 1. The number of hydrogen-bond donors (Lipinski definition) is 1. The largest absolute Gasteiger partial charge is 0.361 e. The predicted molar refractivity (Wildman–Crippen MR) is 92.9 cm³/mol. The molecule has 0 atom stereocenters. The van der Waals surface area contributed by atoms with E-state index in [0.29, 0.717) is 18.0 Å². The molecule has 0 aliphatic rings. The van der Waals surface area contributed by atoms with E-state index in [0.717, 1.165) is 6.42 Å². The molecule has 1 heterocycles. The predicted octanol–water partition coefficient (Wildman–Crippen LogP) is 3.94. The first kappa shape index (κ1) is 16.0. The molecule has 1 N–H and O–H groups in total. The number of rotatable bonds is 6. The van der Waals surface area contributed by atoms with Crippen molar-refractivity contribution in [3.8, 4) is 0 Å². The number of amides is 1. The van der Waals surface area contributed by atoms with E-state index in [2.05, 4.69) is 34.7 Å². The quantitative estimate of drug-likeness (QED) is 0.748. The molecule has 0 unspecified atom stereocenters. The van der Waals surface area contributed by atoms with Crippen LogP contribution in [-0.2, 0) is 0 Å². The van der Waals surface area contributed by atoms with Gasteiger partial charge in [-0.3, -0.25) is 4.79 Å². The lowest BCUT2D eigenvalue weighted by atomic mass is 9.88. The van der Waals surface area contributed by atoms with Crippen molar-refractivity contribution in [1.82, 2.24) is 10.5 Å². The Balaban J connectivity index is 1.68. The van der Waals surface area contributed by atoms with Crippen molar-refractivity contribution in [3.63, 3.8) is 0 Å². The van der Waals surface area contributed by atoms with Gasteiger partial charge in [0, 0.05) is 18.5 Å². The van der Waals surface area contributed by atoms with Gasteiger partial charge in [0.25, 0.3) is 5.91 Å². The maximum Gasteiger partial charge on any atom is 0.273 e. The number of nitrogens with zero attached hydrogens (tertiary/aromatic N) is 1. The Bertz CT molecular complexity index is 742. The maximum absolute atomic E-state index is 12.1. The van der Waals surface area contributed by atoms with Crippen LogP contribution in [0.1, 0.15) is 39.7 Å². The number of aryl methyl sites for hydroxylation is 1. The monoisotopic (exact) mass is 320 g/mol. The number of benzene rings is 2. The third-order valence-corrected chi connectivity index (χ3v) is 3.98. The normalized spacial score (nSPS) is 10.8. The van der Waals surface area contributed by atoms with Crippen molar-refractivity contribution in [2.45, 2.75) is 19.3 Å². The SMILES string of the molecule is Cc1cc(C(=O)NCCC(c2ccccc2)c2ccccc2)no1. The molecule has 1 amide bonds. The summed E-state index contributed by atoms with van der Waals surface area (Å²) in [4.78, 5) is 12.1. The van der Waals surface area contributed by atoms with Gasteiger partial charge in [0.2, 0.25) is 0 Å². The average Bonchev–Trinajstić information content (AvgIpc) is 3.07. The Kier molecular flexibility index (Phi) is 5.06. The van der Waals surface area contributed by atoms with Gasteiger partial charge >= 0.3 is 0 Å². The van der Waals surface area contributed by atoms with E-state index >= 15 is 0 Å². The van der Waals surface area contributed by atoms with Gasteiger partial charge in [0.15, 0.2) is 5.69 Å². The maximum atomic E-state index is 12.1. The van der Waals surface area contributed by atoms with Crippen molar-refractivity contribution >= 4 is 5.91 Å². The molecule has 3 aromatic rings. The van der Waals surface area contributed by atoms with Crippen molar-refractivity contribution in [2.24, 2.45) is 0 Å². The average molecular weight is 320 g/mol. The fourth-order valence-electron chi connectivity index (χ4n) is 2.79. The fraction of sp³-hybridized carbons (Fsp3) is 0.200. The molecule has 0 fully saturated rings. The molecule has 4 heteroatoms. The Morgan fingerprint density at radius 1 is 1.04 bits per heavy atom. The summed E-state index contributed by atoms with van der Waals surface area (Å²) in [5, 5.41) is 6.66. The molecule has 1 aromatic heterocycles. The van der Waals surface area contributed by atoms with Gasteiger partial charge in [0.05, 0.1) is 0 Å². The van der Waals surface area contributed by atoms with E-state index in [4.69, 9.17) is 4.52 Å². The first-order valence-electron chi connectivity index (χ1n) is 8.05. The molecule has 0 aliphatic carbocycles. The van der Waals surface area contributed by atoms with Crippen molar-refractivity contribution in [2.75, 3.05) is 6.54 Å². The molecule has 4 nitrogen and oxygen atoms in total. The zero-order valence-electron chi connectivity index (χ0n) is 13.6. The Morgan fingerprint density at radius 2 is 1.62 bits per heavy atom.